The molecule has 0 nitrogen and oxygen atoms in total. The highest BCUT2D eigenvalue weighted by Crippen LogP contribution is 1.99. The second-order valence-electron chi connectivity index (χ2n) is 1.50. The Labute approximate surface area is 59.4 Å². The molecule has 0 aromatic rings. The minimum atomic E-state index is 0.952. The van der Waals surface area contributed by atoms with Crippen molar-refractivity contribution in [2.45, 2.75) is 13.8 Å². The second kappa shape index (κ2) is 5.10. The van der Waals surface area contributed by atoms with Crippen LogP contribution in [-0.2, 0) is 0 Å². The highest BCUT2D eigenvalue weighted by Gasteiger charge is 1.81. The third kappa shape index (κ3) is 3.03. The minimum absolute atomic E-state index is 0.952. The van der Waals surface area contributed by atoms with E-state index in [4.69, 9.17) is 0 Å². The Morgan fingerprint density at radius 3 is 2.25 bits per heavy atom. The predicted molar refractivity (Wildman–Crippen MR) is 42.4 cm³/mol. The van der Waals surface area contributed by atoms with E-state index in [9.17, 15) is 0 Å². The van der Waals surface area contributed by atoms with Gasteiger partial charge in [-0.25, -0.2) is 0 Å². The Morgan fingerprint density at radius 1 is 1.50 bits per heavy atom. The van der Waals surface area contributed by atoms with Crippen molar-refractivity contribution in [3.8, 4) is 0 Å². The number of hydrogen-bond donors (Lipinski definition) is 0. The molecule has 46 valence electrons. The van der Waals surface area contributed by atoms with Gasteiger partial charge in [-0.2, -0.15) is 0 Å². The largest absolute Gasteiger partial charge is 0.0876 e. The molecule has 0 atom stereocenters. The van der Waals surface area contributed by atoms with Gasteiger partial charge in [0.15, 0.2) is 0 Å². The Balaban J connectivity index is 3.72. The molecule has 0 aromatic carbocycles. The lowest BCUT2D eigenvalue weighted by Gasteiger charge is -1.88. The molecule has 0 amide bonds. The fraction of sp³-hybridized carbons (Fsp3) is 0.429. The summed E-state index contributed by atoms with van der Waals surface area (Å²) < 4.78 is 0. The lowest BCUT2D eigenvalue weighted by molar-refractivity contribution is 1.49. The van der Waals surface area contributed by atoms with E-state index in [-0.39, 0.29) is 0 Å². The number of hydrogen-bond acceptors (Lipinski definition) is 0. The molecule has 0 heterocycles. The van der Waals surface area contributed by atoms with Gasteiger partial charge in [0, 0.05) is 5.33 Å². The molecule has 0 radical (unpaired) electrons. The van der Waals surface area contributed by atoms with Crippen molar-refractivity contribution in [1.29, 1.82) is 0 Å². The van der Waals surface area contributed by atoms with E-state index < -0.39 is 0 Å². The van der Waals surface area contributed by atoms with E-state index in [0.717, 1.165) is 5.33 Å². The summed E-state index contributed by atoms with van der Waals surface area (Å²) >= 11 is 3.36. The molecule has 0 unspecified atom stereocenters. The third-order valence-electron chi connectivity index (χ3n) is 0.906. The molecule has 8 heavy (non-hydrogen) atoms. The van der Waals surface area contributed by atoms with Gasteiger partial charge in [-0.05, 0) is 19.4 Å². The normalized spacial score (nSPS) is 13.1. The van der Waals surface area contributed by atoms with Crippen molar-refractivity contribution in [2.75, 3.05) is 5.33 Å². The zero-order valence-electron chi connectivity index (χ0n) is 5.32. The van der Waals surface area contributed by atoms with E-state index in [0.29, 0.717) is 0 Å². The summed E-state index contributed by atoms with van der Waals surface area (Å²) in [5, 5.41) is 0.952. The fourth-order valence-electron chi connectivity index (χ4n) is 0.432. The van der Waals surface area contributed by atoms with E-state index in [1.807, 2.05) is 19.9 Å². The molecule has 0 rings (SSSR count). The molecular formula is C7H11Br. The Bertz CT molecular complexity index is 98.2. The van der Waals surface area contributed by atoms with Gasteiger partial charge in [-0.15, -0.1) is 0 Å². The maximum Gasteiger partial charge on any atom is 0.0279 e. The Morgan fingerprint density at radius 2 is 2.12 bits per heavy atom. The number of halogens is 1. The summed E-state index contributed by atoms with van der Waals surface area (Å²) in [5.74, 6) is 0. The number of rotatable bonds is 2. The van der Waals surface area contributed by atoms with Gasteiger partial charge in [0.25, 0.3) is 0 Å². The molecule has 0 aliphatic carbocycles. The topological polar surface area (TPSA) is 0 Å². The average Bonchev–Trinajstić information content (AvgIpc) is 1.83. The molecule has 0 fully saturated rings. The van der Waals surface area contributed by atoms with Gasteiger partial charge in [0.05, 0.1) is 0 Å². The quantitative estimate of drug-likeness (QED) is 0.447. The molecule has 0 saturated heterocycles. The van der Waals surface area contributed by atoms with Crippen molar-refractivity contribution in [1.82, 2.24) is 0 Å². The zero-order chi connectivity index (χ0) is 6.41. The van der Waals surface area contributed by atoms with Crippen LogP contribution in [0.5, 0.6) is 0 Å². The van der Waals surface area contributed by atoms with Crippen LogP contribution in [0.25, 0.3) is 0 Å². The first-order valence-electron chi connectivity index (χ1n) is 2.69. The summed E-state index contributed by atoms with van der Waals surface area (Å²) in [6.07, 6.45) is 6.22. The van der Waals surface area contributed by atoms with Crippen LogP contribution >= 0.6 is 15.9 Å². The Kier molecular flexibility index (Phi) is 5.08. The summed E-state index contributed by atoms with van der Waals surface area (Å²) in [6.45, 7) is 4.06. The van der Waals surface area contributed by atoms with Crippen LogP contribution in [-0.4, -0.2) is 5.33 Å². The van der Waals surface area contributed by atoms with Crippen molar-refractivity contribution in [3.05, 3.63) is 23.8 Å². The van der Waals surface area contributed by atoms with Gasteiger partial charge >= 0.3 is 0 Å². The first kappa shape index (κ1) is 7.96. The number of alkyl halides is 1. The van der Waals surface area contributed by atoms with Crippen LogP contribution < -0.4 is 0 Å². The van der Waals surface area contributed by atoms with Crippen molar-refractivity contribution in [3.63, 3.8) is 0 Å². The number of allylic oxidation sites excluding steroid dienone is 4. The monoisotopic (exact) mass is 174 g/mol. The van der Waals surface area contributed by atoms with Crippen molar-refractivity contribution in [2.24, 2.45) is 0 Å². The zero-order valence-corrected chi connectivity index (χ0v) is 6.90. The molecule has 0 aliphatic rings. The maximum absolute atomic E-state index is 3.36. The summed E-state index contributed by atoms with van der Waals surface area (Å²) in [6, 6.07) is 0. The third-order valence-corrected chi connectivity index (χ3v) is 1.55. The SMILES string of the molecule is C/C=C\C(=C/C)CBr. The van der Waals surface area contributed by atoms with Crippen LogP contribution in [0.1, 0.15) is 13.8 Å². The average molecular weight is 175 g/mol. The maximum atomic E-state index is 3.36. The lowest BCUT2D eigenvalue weighted by Crippen LogP contribution is -1.74. The molecule has 0 spiro atoms. The van der Waals surface area contributed by atoms with Crippen LogP contribution in [0.2, 0.25) is 0 Å². The van der Waals surface area contributed by atoms with Crippen molar-refractivity contribution >= 4 is 15.9 Å². The molecule has 1 heteroatoms. The Hall–Kier alpha value is -0.0400. The van der Waals surface area contributed by atoms with E-state index >= 15 is 0 Å². The first-order chi connectivity index (χ1) is 3.85. The summed E-state index contributed by atoms with van der Waals surface area (Å²) in [5.41, 5.74) is 1.33. The van der Waals surface area contributed by atoms with Crippen LogP contribution in [0.3, 0.4) is 0 Å². The predicted octanol–water partition coefficient (Wildman–Crippen LogP) is 2.90. The molecule has 0 saturated carbocycles. The smallest absolute Gasteiger partial charge is 0.0279 e. The standard InChI is InChI=1S/C7H11Br/c1-3-5-7(4-2)6-8/h3-5H,6H2,1-2H3/b5-3-,7-4+. The van der Waals surface area contributed by atoms with Crippen molar-refractivity contribution < 1.29 is 0 Å². The van der Waals surface area contributed by atoms with Crippen LogP contribution in [0.15, 0.2) is 23.8 Å². The van der Waals surface area contributed by atoms with Gasteiger partial charge in [0.2, 0.25) is 0 Å². The molecule has 0 bridgehead atoms. The molecule has 0 N–H and O–H groups in total. The second-order valence-corrected chi connectivity index (χ2v) is 2.06. The van der Waals surface area contributed by atoms with Crippen LogP contribution in [0.4, 0.5) is 0 Å². The molecular weight excluding hydrogens is 164 g/mol. The minimum Gasteiger partial charge on any atom is -0.0876 e. The fourth-order valence-corrected chi connectivity index (χ4v) is 0.943. The van der Waals surface area contributed by atoms with E-state index in [1.165, 1.54) is 5.57 Å². The molecule has 0 aromatic heterocycles. The van der Waals surface area contributed by atoms with E-state index in [1.54, 1.807) is 0 Å². The van der Waals surface area contributed by atoms with Gasteiger partial charge in [-0.3, -0.25) is 0 Å². The van der Waals surface area contributed by atoms with Crippen LogP contribution in [0, 0.1) is 0 Å². The summed E-state index contributed by atoms with van der Waals surface area (Å²) in [7, 11) is 0. The van der Waals surface area contributed by atoms with Gasteiger partial charge < -0.3 is 0 Å². The molecule has 0 aliphatic heterocycles. The summed E-state index contributed by atoms with van der Waals surface area (Å²) in [4.78, 5) is 0. The van der Waals surface area contributed by atoms with E-state index in [2.05, 4.69) is 28.1 Å². The highest BCUT2D eigenvalue weighted by atomic mass is 79.9. The first-order valence-corrected chi connectivity index (χ1v) is 3.81. The lowest BCUT2D eigenvalue weighted by atomic mass is 10.3. The van der Waals surface area contributed by atoms with Gasteiger partial charge in [0.1, 0.15) is 0 Å². The van der Waals surface area contributed by atoms with Gasteiger partial charge in [-0.1, -0.05) is 34.2 Å². The highest BCUT2D eigenvalue weighted by molar-refractivity contribution is 9.09.